The zero-order valence-electron chi connectivity index (χ0n) is 9.16. The van der Waals surface area contributed by atoms with Gasteiger partial charge in [0.1, 0.15) is 5.82 Å². The largest absolute Gasteiger partial charge is 0.378 e. The molecule has 2 rings (SSSR count). The molecular formula is C12H17FN2O. The van der Waals surface area contributed by atoms with Gasteiger partial charge in [0, 0.05) is 18.8 Å². The van der Waals surface area contributed by atoms with Gasteiger partial charge >= 0.3 is 0 Å². The molecule has 2 atom stereocenters. The van der Waals surface area contributed by atoms with Gasteiger partial charge < -0.3 is 15.8 Å². The molecule has 2 unspecified atom stereocenters. The molecule has 0 saturated carbocycles. The molecule has 4 heteroatoms. The summed E-state index contributed by atoms with van der Waals surface area (Å²) in [5.74, 6) is -0.230. The van der Waals surface area contributed by atoms with E-state index in [0.717, 1.165) is 25.1 Å². The number of halogens is 1. The highest BCUT2D eigenvalue weighted by Crippen LogP contribution is 2.19. The van der Waals surface area contributed by atoms with E-state index >= 15 is 0 Å². The Morgan fingerprint density at radius 2 is 2.19 bits per heavy atom. The van der Waals surface area contributed by atoms with Crippen molar-refractivity contribution < 1.29 is 9.13 Å². The first-order valence-corrected chi connectivity index (χ1v) is 5.63. The maximum Gasteiger partial charge on any atom is 0.123 e. The van der Waals surface area contributed by atoms with E-state index in [-0.39, 0.29) is 18.0 Å². The van der Waals surface area contributed by atoms with Gasteiger partial charge in [-0.1, -0.05) is 0 Å². The fourth-order valence-corrected chi connectivity index (χ4v) is 1.98. The molecule has 0 aliphatic carbocycles. The number of ether oxygens (including phenoxy) is 1. The van der Waals surface area contributed by atoms with Crippen LogP contribution in [-0.4, -0.2) is 25.3 Å². The Kier molecular flexibility index (Phi) is 3.74. The Balaban J connectivity index is 1.97. The van der Waals surface area contributed by atoms with Crippen molar-refractivity contribution in [2.24, 2.45) is 5.73 Å². The van der Waals surface area contributed by atoms with Crippen LogP contribution < -0.4 is 11.1 Å². The van der Waals surface area contributed by atoms with E-state index in [0.29, 0.717) is 6.54 Å². The molecule has 1 fully saturated rings. The van der Waals surface area contributed by atoms with Crippen LogP contribution >= 0.6 is 0 Å². The highest BCUT2D eigenvalue weighted by molar-refractivity contribution is 5.44. The predicted molar refractivity (Wildman–Crippen MR) is 61.8 cm³/mol. The van der Waals surface area contributed by atoms with Crippen molar-refractivity contribution in [2.75, 3.05) is 18.5 Å². The van der Waals surface area contributed by atoms with Crippen LogP contribution in [0.3, 0.4) is 0 Å². The molecule has 16 heavy (non-hydrogen) atoms. The number of nitrogens with two attached hydrogens (primary N) is 1. The predicted octanol–water partition coefficient (Wildman–Crippen LogP) is 1.74. The van der Waals surface area contributed by atoms with Crippen molar-refractivity contribution in [2.45, 2.75) is 25.0 Å². The fraction of sp³-hybridized carbons (Fsp3) is 0.500. The molecule has 1 saturated heterocycles. The second-order valence-electron chi connectivity index (χ2n) is 4.04. The maximum absolute atomic E-state index is 12.7. The molecule has 0 bridgehead atoms. The molecular weight excluding hydrogens is 207 g/mol. The van der Waals surface area contributed by atoms with E-state index in [2.05, 4.69) is 5.32 Å². The van der Waals surface area contributed by atoms with Crippen LogP contribution in [0.5, 0.6) is 0 Å². The lowest BCUT2D eigenvalue weighted by atomic mass is 10.1. The van der Waals surface area contributed by atoms with Gasteiger partial charge in [-0.15, -0.1) is 0 Å². The summed E-state index contributed by atoms with van der Waals surface area (Å²) in [6.45, 7) is 1.33. The summed E-state index contributed by atoms with van der Waals surface area (Å²) in [6.07, 6.45) is 2.30. The average molecular weight is 224 g/mol. The molecule has 0 spiro atoms. The van der Waals surface area contributed by atoms with Crippen molar-refractivity contribution in [3.8, 4) is 0 Å². The third-order valence-corrected chi connectivity index (χ3v) is 2.86. The molecule has 1 aliphatic rings. The lowest BCUT2D eigenvalue weighted by molar-refractivity contribution is 0.0973. The van der Waals surface area contributed by atoms with Gasteiger partial charge in [0.25, 0.3) is 0 Å². The van der Waals surface area contributed by atoms with E-state index in [9.17, 15) is 4.39 Å². The van der Waals surface area contributed by atoms with Gasteiger partial charge in [-0.25, -0.2) is 4.39 Å². The first kappa shape index (κ1) is 11.4. The number of hydrogen-bond donors (Lipinski definition) is 2. The molecule has 1 heterocycles. The molecule has 3 N–H and O–H groups in total. The first-order valence-electron chi connectivity index (χ1n) is 5.63. The zero-order valence-corrected chi connectivity index (χ0v) is 9.16. The van der Waals surface area contributed by atoms with Gasteiger partial charge in [-0.2, -0.15) is 0 Å². The summed E-state index contributed by atoms with van der Waals surface area (Å²) < 4.78 is 18.3. The third-order valence-electron chi connectivity index (χ3n) is 2.86. The molecule has 1 aromatic carbocycles. The summed E-state index contributed by atoms with van der Waals surface area (Å²) in [5, 5.41) is 3.28. The second kappa shape index (κ2) is 5.27. The van der Waals surface area contributed by atoms with Crippen molar-refractivity contribution in [3.63, 3.8) is 0 Å². The van der Waals surface area contributed by atoms with Crippen LogP contribution in [-0.2, 0) is 4.74 Å². The Hall–Kier alpha value is -1.13. The molecule has 0 radical (unpaired) electrons. The lowest BCUT2D eigenvalue weighted by Gasteiger charge is -2.23. The lowest BCUT2D eigenvalue weighted by Crippen LogP contribution is -2.39. The summed E-state index contributed by atoms with van der Waals surface area (Å²) in [5.41, 5.74) is 6.60. The smallest absolute Gasteiger partial charge is 0.123 e. The van der Waals surface area contributed by atoms with Gasteiger partial charge in [0.15, 0.2) is 0 Å². The number of rotatable bonds is 4. The van der Waals surface area contributed by atoms with Crippen molar-refractivity contribution in [1.82, 2.24) is 0 Å². The normalized spacial score (nSPS) is 22.0. The van der Waals surface area contributed by atoms with Crippen LogP contribution in [0.4, 0.5) is 10.1 Å². The van der Waals surface area contributed by atoms with Crippen molar-refractivity contribution in [1.29, 1.82) is 0 Å². The number of benzene rings is 1. The quantitative estimate of drug-likeness (QED) is 0.819. The number of nitrogens with one attached hydrogen (secondary N) is 1. The van der Waals surface area contributed by atoms with Gasteiger partial charge in [0.05, 0.1) is 12.1 Å². The summed E-state index contributed by atoms with van der Waals surface area (Å²) in [7, 11) is 0. The summed E-state index contributed by atoms with van der Waals surface area (Å²) >= 11 is 0. The Morgan fingerprint density at radius 3 is 2.75 bits per heavy atom. The minimum absolute atomic E-state index is 0.105. The van der Waals surface area contributed by atoms with E-state index in [1.54, 1.807) is 12.1 Å². The minimum Gasteiger partial charge on any atom is -0.378 e. The first-order chi connectivity index (χ1) is 7.79. The molecule has 3 nitrogen and oxygen atoms in total. The number of anilines is 1. The van der Waals surface area contributed by atoms with E-state index in [4.69, 9.17) is 10.5 Å². The molecule has 0 aromatic heterocycles. The molecule has 1 aromatic rings. The van der Waals surface area contributed by atoms with Crippen LogP contribution in [0.2, 0.25) is 0 Å². The molecule has 0 amide bonds. The fourth-order valence-electron chi connectivity index (χ4n) is 1.98. The van der Waals surface area contributed by atoms with Crippen molar-refractivity contribution in [3.05, 3.63) is 30.1 Å². The van der Waals surface area contributed by atoms with E-state index in [1.165, 1.54) is 12.1 Å². The summed E-state index contributed by atoms with van der Waals surface area (Å²) in [6, 6.07) is 6.41. The Bertz CT molecular complexity index is 322. The van der Waals surface area contributed by atoms with Gasteiger partial charge in [-0.05, 0) is 37.1 Å². The van der Waals surface area contributed by atoms with Crippen LogP contribution in [0.25, 0.3) is 0 Å². The monoisotopic (exact) mass is 224 g/mol. The third kappa shape index (κ3) is 2.71. The van der Waals surface area contributed by atoms with Gasteiger partial charge in [-0.3, -0.25) is 0 Å². The Labute approximate surface area is 94.8 Å². The van der Waals surface area contributed by atoms with Crippen LogP contribution in [0.1, 0.15) is 12.8 Å². The SMILES string of the molecule is NCC(Nc1ccc(F)cc1)C1CCCO1. The molecule has 1 aliphatic heterocycles. The van der Waals surface area contributed by atoms with E-state index in [1.807, 2.05) is 0 Å². The Morgan fingerprint density at radius 1 is 1.44 bits per heavy atom. The standard InChI is InChI=1S/C12H17FN2O/c13-9-3-5-10(6-4-9)15-11(8-14)12-2-1-7-16-12/h3-6,11-12,15H,1-2,7-8,14H2. The van der Waals surface area contributed by atoms with Crippen LogP contribution in [0, 0.1) is 5.82 Å². The summed E-state index contributed by atoms with van der Waals surface area (Å²) in [4.78, 5) is 0. The molecule has 88 valence electrons. The average Bonchev–Trinajstić information content (AvgIpc) is 2.82. The van der Waals surface area contributed by atoms with Crippen LogP contribution in [0.15, 0.2) is 24.3 Å². The van der Waals surface area contributed by atoms with E-state index < -0.39 is 0 Å². The highest BCUT2D eigenvalue weighted by atomic mass is 19.1. The number of hydrogen-bond acceptors (Lipinski definition) is 3. The zero-order chi connectivity index (χ0) is 11.4. The van der Waals surface area contributed by atoms with Crippen molar-refractivity contribution >= 4 is 5.69 Å². The highest BCUT2D eigenvalue weighted by Gasteiger charge is 2.24. The topological polar surface area (TPSA) is 47.3 Å². The maximum atomic E-state index is 12.7. The van der Waals surface area contributed by atoms with Gasteiger partial charge in [0.2, 0.25) is 0 Å². The minimum atomic E-state index is -0.230. The second-order valence-corrected chi connectivity index (χ2v) is 4.04.